The van der Waals surface area contributed by atoms with Gasteiger partial charge in [0.15, 0.2) is 0 Å². The minimum atomic E-state index is -0.448. The van der Waals surface area contributed by atoms with E-state index in [2.05, 4.69) is 4.98 Å². The number of fused-ring (bicyclic) bond motifs is 1. The van der Waals surface area contributed by atoms with E-state index in [1.165, 1.54) is 0 Å². The number of hydrogen-bond acceptors (Lipinski definition) is 3. The molecule has 0 spiro atoms. The first-order valence-corrected chi connectivity index (χ1v) is 7.58. The summed E-state index contributed by atoms with van der Waals surface area (Å²) in [6.07, 6.45) is 0. The van der Waals surface area contributed by atoms with Crippen LogP contribution in [0, 0.1) is 0 Å². The lowest BCUT2D eigenvalue weighted by molar-refractivity contribution is 0.495. The van der Waals surface area contributed by atoms with Crippen LogP contribution in [0.2, 0.25) is 0 Å². The van der Waals surface area contributed by atoms with Gasteiger partial charge in [-0.05, 0) is 24.3 Å². The van der Waals surface area contributed by atoms with E-state index in [0.717, 1.165) is 10.1 Å². The average Bonchev–Trinajstić information content (AvgIpc) is 3.08. The number of furan rings is 1. The Bertz CT molecular complexity index is 1120. The first kappa shape index (κ1) is 14.3. The number of aromatic amines is 1. The Balaban J connectivity index is 1.74. The third kappa shape index (κ3) is 2.46. The van der Waals surface area contributed by atoms with Crippen molar-refractivity contribution in [3.8, 4) is 11.3 Å². The number of aromatic nitrogens is 2. The lowest BCUT2D eigenvalue weighted by atomic mass is 10.2. The van der Waals surface area contributed by atoms with E-state index in [9.17, 15) is 9.59 Å². The van der Waals surface area contributed by atoms with Gasteiger partial charge in [0.1, 0.15) is 11.5 Å². The standard InChI is InChI=1S/C19H14N2O3/c22-18-15-8-4-5-9-16(15)20-19(23)21(18)12-14-10-11-17(24-14)13-6-2-1-3-7-13/h1-11H,12H2,(H,20,23). The molecule has 2 aromatic heterocycles. The zero-order chi connectivity index (χ0) is 16.5. The number of rotatable bonds is 3. The molecule has 0 amide bonds. The summed E-state index contributed by atoms with van der Waals surface area (Å²) in [4.78, 5) is 27.5. The van der Waals surface area contributed by atoms with Crippen LogP contribution in [0.25, 0.3) is 22.2 Å². The van der Waals surface area contributed by atoms with Gasteiger partial charge in [0, 0.05) is 5.56 Å². The number of H-pyrrole nitrogens is 1. The molecule has 1 N–H and O–H groups in total. The van der Waals surface area contributed by atoms with Crippen molar-refractivity contribution >= 4 is 10.9 Å². The quantitative estimate of drug-likeness (QED) is 0.631. The third-order valence-electron chi connectivity index (χ3n) is 3.92. The van der Waals surface area contributed by atoms with Gasteiger partial charge >= 0.3 is 5.69 Å². The summed E-state index contributed by atoms with van der Waals surface area (Å²) in [5.41, 5.74) is 0.708. The molecular weight excluding hydrogens is 304 g/mol. The van der Waals surface area contributed by atoms with Gasteiger partial charge < -0.3 is 9.40 Å². The first-order chi connectivity index (χ1) is 11.7. The molecular formula is C19H14N2O3. The molecule has 0 saturated carbocycles. The molecule has 2 heterocycles. The average molecular weight is 318 g/mol. The molecule has 2 aromatic carbocycles. The van der Waals surface area contributed by atoms with Crippen LogP contribution in [0.5, 0.6) is 0 Å². The molecule has 0 aliphatic heterocycles. The summed E-state index contributed by atoms with van der Waals surface area (Å²) in [5, 5.41) is 0.479. The van der Waals surface area contributed by atoms with E-state index < -0.39 is 5.69 Å². The molecule has 4 rings (SSSR count). The monoisotopic (exact) mass is 318 g/mol. The van der Waals surface area contributed by atoms with Crippen molar-refractivity contribution in [3.63, 3.8) is 0 Å². The highest BCUT2D eigenvalue weighted by Crippen LogP contribution is 2.21. The maximum atomic E-state index is 12.5. The zero-order valence-electron chi connectivity index (χ0n) is 12.7. The van der Waals surface area contributed by atoms with E-state index in [-0.39, 0.29) is 12.1 Å². The molecule has 5 nitrogen and oxygen atoms in total. The molecule has 0 radical (unpaired) electrons. The molecule has 0 bridgehead atoms. The molecule has 0 aliphatic carbocycles. The van der Waals surface area contributed by atoms with E-state index >= 15 is 0 Å². The maximum absolute atomic E-state index is 12.5. The number of para-hydroxylation sites is 1. The van der Waals surface area contributed by atoms with E-state index in [4.69, 9.17) is 4.42 Å². The Kier molecular flexibility index (Phi) is 3.39. The van der Waals surface area contributed by atoms with Crippen LogP contribution in [-0.2, 0) is 6.54 Å². The highest BCUT2D eigenvalue weighted by molar-refractivity contribution is 5.76. The topological polar surface area (TPSA) is 68.0 Å². The fourth-order valence-corrected chi connectivity index (χ4v) is 2.72. The summed E-state index contributed by atoms with van der Waals surface area (Å²) in [6, 6.07) is 20.2. The Labute approximate surface area is 136 Å². The van der Waals surface area contributed by atoms with Crippen molar-refractivity contribution in [2.45, 2.75) is 6.54 Å². The molecule has 24 heavy (non-hydrogen) atoms. The number of nitrogens with zero attached hydrogens (tertiary/aromatic N) is 1. The largest absolute Gasteiger partial charge is 0.459 e. The number of benzene rings is 2. The number of hydrogen-bond donors (Lipinski definition) is 1. The zero-order valence-corrected chi connectivity index (χ0v) is 12.7. The maximum Gasteiger partial charge on any atom is 0.329 e. The van der Waals surface area contributed by atoms with Crippen LogP contribution < -0.4 is 11.2 Å². The van der Waals surface area contributed by atoms with Crippen LogP contribution in [0.15, 0.2) is 80.7 Å². The Hall–Kier alpha value is -3.34. The molecule has 0 atom stereocenters. The Morgan fingerprint density at radius 2 is 1.62 bits per heavy atom. The summed E-state index contributed by atoms with van der Waals surface area (Å²) >= 11 is 0. The molecule has 0 fully saturated rings. The number of nitrogens with one attached hydrogen (secondary N) is 1. The van der Waals surface area contributed by atoms with Gasteiger partial charge in [-0.25, -0.2) is 4.79 Å². The van der Waals surface area contributed by atoms with Gasteiger partial charge in [-0.15, -0.1) is 0 Å². The fraction of sp³-hybridized carbons (Fsp3) is 0.0526. The molecule has 0 saturated heterocycles. The summed E-state index contributed by atoms with van der Waals surface area (Å²) in [6.45, 7) is 0.0891. The minimum absolute atomic E-state index is 0.0891. The lowest BCUT2D eigenvalue weighted by Crippen LogP contribution is -2.35. The van der Waals surface area contributed by atoms with Crippen molar-refractivity contribution in [1.82, 2.24) is 9.55 Å². The van der Waals surface area contributed by atoms with Gasteiger partial charge in [0.25, 0.3) is 5.56 Å². The lowest BCUT2D eigenvalue weighted by Gasteiger charge is -2.04. The van der Waals surface area contributed by atoms with Gasteiger partial charge in [0.2, 0.25) is 0 Å². The van der Waals surface area contributed by atoms with Gasteiger partial charge in [-0.2, -0.15) is 0 Å². The van der Waals surface area contributed by atoms with Crippen molar-refractivity contribution < 1.29 is 4.42 Å². The summed E-state index contributed by atoms with van der Waals surface area (Å²) < 4.78 is 6.93. The Morgan fingerprint density at radius 1 is 0.875 bits per heavy atom. The van der Waals surface area contributed by atoms with E-state index in [1.807, 2.05) is 36.4 Å². The van der Waals surface area contributed by atoms with Crippen molar-refractivity contribution in [1.29, 1.82) is 0 Å². The highest BCUT2D eigenvalue weighted by atomic mass is 16.3. The molecule has 4 aromatic rings. The van der Waals surface area contributed by atoms with Crippen molar-refractivity contribution in [2.24, 2.45) is 0 Å². The van der Waals surface area contributed by atoms with Gasteiger partial charge in [-0.1, -0.05) is 42.5 Å². The van der Waals surface area contributed by atoms with Crippen molar-refractivity contribution in [2.75, 3.05) is 0 Å². The predicted molar refractivity (Wildman–Crippen MR) is 92.1 cm³/mol. The molecule has 118 valence electrons. The molecule has 0 unspecified atom stereocenters. The van der Waals surface area contributed by atoms with Crippen LogP contribution in [0.1, 0.15) is 5.76 Å². The van der Waals surface area contributed by atoms with Crippen LogP contribution in [-0.4, -0.2) is 9.55 Å². The van der Waals surface area contributed by atoms with Crippen LogP contribution in [0.3, 0.4) is 0 Å². The van der Waals surface area contributed by atoms with Gasteiger partial charge in [0.05, 0.1) is 17.4 Å². The SMILES string of the molecule is O=c1[nH]c2ccccc2c(=O)n1Cc1ccc(-c2ccccc2)o1. The first-order valence-electron chi connectivity index (χ1n) is 7.58. The smallest absolute Gasteiger partial charge is 0.329 e. The van der Waals surface area contributed by atoms with Crippen LogP contribution in [0.4, 0.5) is 0 Å². The Morgan fingerprint density at radius 3 is 2.46 bits per heavy atom. The minimum Gasteiger partial charge on any atom is -0.459 e. The summed E-state index contributed by atoms with van der Waals surface area (Å²) in [5.74, 6) is 1.26. The van der Waals surface area contributed by atoms with Crippen molar-refractivity contribution in [3.05, 3.63) is 93.3 Å². The molecule has 5 heteroatoms. The van der Waals surface area contributed by atoms with Gasteiger partial charge in [-0.3, -0.25) is 9.36 Å². The predicted octanol–water partition coefficient (Wildman–Crippen LogP) is 3.00. The van der Waals surface area contributed by atoms with E-state index in [1.54, 1.807) is 30.3 Å². The van der Waals surface area contributed by atoms with Crippen LogP contribution >= 0.6 is 0 Å². The third-order valence-corrected chi connectivity index (χ3v) is 3.92. The van der Waals surface area contributed by atoms with E-state index in [0.29, 0.717) is 22.4 Å². The molecule has 0 aliphatic rings. The fourth-order valence-electron chi connectivity index (χ4n) is 2.72. The second-order valence-electron chi connectivity index (χ2n) is 5.50. The highest BCUT2D eigenvalue weighted by Gasteiger charge is 2.10. The second-order valence-corrected chi connectivity index (χ2v) is 5.50. The second kappa shape index (κ2) is 5.70. The normalized spacial score (nSPS) is 11.0. The summed E-state index contributed by atoms with van der Waals surface area (Å²) in [7, 11) is 0.